The SMILES string of the molecule is CC(C)(CCC#N)CN(C[C@@H](O)[C@H](Cc1ccccc1)N(C(=O)[O-])C1COCOC1)S(=O)(=O)c1ccc2c(c1)OCO2. The normalized spacial score (nSPS) is 17.0. The molecule has 2 heterocycles. The number of amides is 1. The van der Waals surface area contributed by atoms with E-state index >= 15 is 0 Å². The van der Waals surface area contributed by atoms with Gasteiger partial charge in [-0.25, -0.2) is 8.42 Å². The highest BCUT2D eigenvalue weighted by Gasteiger charge is 2.38. The van der Waals surface area contributed by atoms with Crippen LogP contribution in [0.2, 0.25) is 0 Å². The van der Waals surface area contributed by atoms with Gasteiger partial charge in [-0.15, -0.1) is 0 Å². The quantitative estimate of drug-likeness (QED) is 0.357. The monoisotopic (exact) mass is 602 g/mol. The summed E-state index contributed by atoms with van der Waals surface area (Å²) in [6.07, 6.45) is -2.30. The Kier molecular flexibility index (Phi) is 10.3. The van der Waals surface area contributed by atoms with Crippen LogP contribution in [-0.2, 0) is 25.9 Å². The number of carbonyl (C=O) groups is 1. The molecule has 0 radical (unpaired) electrons. The fourth-order valence-corrected chi connectivity index (χ4v) is 6.84. The number of carbonyl (C=O) groups excluding carboxylic acids is 1. The molecule has 4 rings (SSSR count). The second kappa shape index (κ2) is 13.7. The molecule has 0 unspecified atom stereocenters. The Hall–Kier alpha value is -3.41. The lowest BCUT2D eigenvalue weighted by atomic mass is 9.88. The second-order valence-corrected chi connectivity index (χ2v) is 13.1. The molecule has 13 heteroatoms. The van der Waals surface area contributed by atoms with Crippen LogP contribution in [0.25, 0.3) is 0 Å². The summed E-state index contributed by atoms with van der Waals surface area (Å²) in [5.41, 5.74) is 0.0948. The third kappa shape index (κ3) is 7.70. The lowest BCUT2D eigenvalue weighted by Gasteiger charge is -2.44. The zero-order valence-electron chi connectivity index (χ0n) is 23.7. The van der Waals surface area contributed by atoms with Gasteiger partial charge >= 0.3 is 0 Å². The Bertz CT molecular complexity index is 1360. The predicted molar refractivity (Wildman–Crippen MR) is 148 cm³/mol. The largest absolute Gasteiger partial charge is 0.530 e. The number of carboxylic acid groups (broad SMARTS) is 1. The molecule has 2 aliphatic rings. The molecule has 1 saturated heterocycles. The highest BCUT2D eigenvalue weighted by Crippen LogP contribution is 2.36. The summed E-state index contributed by atoms with van der Waals surface area (Å²) in [6, 6.07) is 13.5. The molecule has 1 fully saturated rings. The number of sulfonamides is 1. The van der Waals surface area contributed by atoms with Crippen LogP contribution in [0.15, 0.2) is 53.4 Å². The van der Waals surface area contributed by atoms with Crippen LogP contribution in [0.3, 0.4) is 0 Å². The lowest BCUT2D eigenvalue weighted by Crippen LogP contribution is -2.62. The van der Waals surface area contributed by atoms with Gasteiger partial charge in [0.05, 0.1) is 42.4 Å². The number of hydrogen-bond donors (Lipinski definition) is 1. The summed E-state index contributed by atoms with van der Waals surface area (Å²) in [7, 11) is -4.23. The van der Waals surface area contributed by atoms with E-state index in [0.717, 1.165) is 14.8 Å². The zero-order valence-corrected chi connectivity index (χ0v) is 24.5. The molecule has 0 spiro atoms. The van der Waals surface area contributed by atoms with Crippen LogP contribution in [0, 0.1) is 16.7 Å². The minimum Gasteiger partial charge on any atom is -0.530 e. The molecule has 2 aromatic rings. The Balaban J connectivity index is 1.70. The summed E-state index contributed by atoms with van der Waals surface area (Å²) in [4.78, 5) is 13.4. The Morgan fingerprint density at radius 3 is 2.48 bits per heavy atom. The van der Waals surface area contributed by atoms with Gasteiger partial charge < -0.3 is 38.9 Å². The van der Waals surface area contributed by atoms with E-state index in [9.17, 15) is 23.4 Å². The first kappa shape index (κ1) is 31.5. The van der Waals surface area contributed by atoms with E-state index in [-0.39, 0.29) is 56.8 Å². The van der Waals surface area contributed by atoms with Crippen LogP contribution < -0.4 is 14.6 Å². The molecule has 2 atom stereocenters. The van der Waals surface area contributed by atoms with Gasteiger partial charge in [0.1, 0.15) is 12.9 Å². The van der Waals surface area contributed by atoms with E-state index in [2.05, 4.69) is 6.07 Å². The fourth-order valence-electron chi connectivity index (χ4n) is 5.18. The van der Waals surface area contributed by atoms with Crippen LogP contribution in [0.4, 0.5) is 4.79 Å². The summed E-state index contributed by atoms with van der Waals surface area (Å²) in [6.45, 7) is 3.26. The third-order valence-electron chi connectivity index (χ3n) is 7.37. The third-order valence-corrected chi connectivity index (χ3v) is 9.18. The molecular weight excluding hydrogens is 566 g/mol. The van der Waals surface area contributed by atoms with Crippen LogP contribution in [0.5, 0.6) is 11.5 Å². The van der Waals surface area contributed by atoms with Gasteiger partial charge in [-0.1, -0.05) is 44.2 Å². The van der Waals surface area contributed by atoms with Gasteiger partial charge in [0.15, 0.2) is 11.5 Å². The maximum atomic E-state index is 14.1. The molecule has 12 nitrogen and oxygen atoms in total. The topological polar surface area (TPSA) is 162 Å². The van der Waals surface area contributed by atoms with Gasteiger partial charge in [-0.3, -0.25) is 0 Å². The Labute approximate surface area is 246 Å². The maximum Gasteiger partial charge on any atom is 0.243 e. The van der Waals surface area contributed by atoms with E-state index < -0.39 is 46.3 Å². The van der Waals surface area contributed by atoms with Gasteiger partial charge in [0.2, 0.25) is 16.8 Å². The van der Waals surface area contributed by atoms with Crippen molar-refractivity contribution in [1.29, 1.82) is 5.26 Å². The minimum atomic E-state index is -4.23. The highest BCUT2D eigenvalue weighted by atomic mass is 32.2. The average Bonchev–Trinajstić information content (AvgIpc) is 3.44. The zero-order chi connectivity index (χ0) is 30.3. The smallest absolute Gasteiger partial charge is 0.243 e. The molecule has 2 aliphatic heterocycles. The summed E-state index contributed by atoms with van der Waals surface area (Å²) in [5, 5.41) is 33.4. The molecule has 228 valence electrons. The molecule has 1 amide bonds. The predicted octanol–water partition coefficient (Wildman–Crippen LogP) is 1.73. The van der Waals surface area contributed by atoms with Crippen molar-refractivity contribution < 1.29 is 42.4 Å². The van der Waals surface area contributed by atoms with Crippen molar-refractivity contribution in [2.45, 2.75) is 56.2 Å². The standard InChI is InChI=1S/C29H37N3O9S/c1-29(2,11-6-12-30)18-31(42(36,37)23-9-10-26-27(14-23)41-20-40-26)15-25(33)24(13-21-7-4-3-5-8-21)32(28(34)35)22-16-38-19-39-17-22/h3-5,7-10,14,22,24-25,33H,6,11,13,15-20H2,1-2H3,(H,34,35)/p-1/t24-,25+/m0/s1. The van der Waals surface area contributed by atoms with E-state index in [4.69, 9.17) is 24.2 Å². The van der Waals surface area contributed by atoms with E-state index in [1.54, 1.807) is 24.3 Å². The molecule has 1 N–H and O–H groups in total. The van der Waals surface area contributed by atoms with Crippen molar-refractivity contribution in [3.8, 4) is 17.6 Å². The van der Waals surface area contributed by atoms with Crippen LogP contribution >= 0.6 is 0 Å². The number of fused-ring (bicyclic) bond motifs is 1. The fraction of sp³-hybridized carbons (Fsp3) is 0.517. The summed E-state index contributed by atoms with van der Waals surface area (Å²) in [5.74, 6) is 0.696. The van der Waals surface area contributed by atoms with Crippen LogP contribution in [0.1, 0.15) is 32.3 Å². The molecular formula is C29H36N3O9S-. The summed E-state index contributed by atoms with van der Waals surface area (Å²) >= 11 is 0. The van der Waals surface area contributed by atoms with Crippen molar-refractivity contribution in [3.63, 3.8) is 0 Å². The number of aliphatic hydroxyl groups excluding tert-OH is 1. The van der Waals surface area contributed by atoms with E-state index in [1.165, 1.54) is 18.2 Å². The van der Waals surface area contributed by atoms with E-state index in [0.29, 0.717) is 12.2 Å². The first-order chi connectivity index (χ1) is 20.0. The minimum absolute atomic E-state index is 0.0165. The van der Waals surface area contributed by atoms with Crippen molar-refractivity contribution in [1.82, 2.24) is 9.21 Å². The molecule has 0 bridgehead atoms. The Morgan fingerprint density at radius 1 is 1.12 bits per heavy atom. The maximum absolute atomic E-state index is 14.1. The van der Waals surface area contributed by atoms with Crippen molar-refractivity contribution in [3.05, 3.63) is 54.1 Å². The first-order valence-corrected chi connectivity index (χ1v) is 15.1. The van der Waals surface area contributed by atoms with Gasteiger partial charge in [0.25, 0.3) is 0 Å². The number of benzene rings is 2. The first-order valence-electron chi connectivity index (χ1n) is 13.7. The lowest BCUT2D eigenvalue weighted by molar-refractivity contribution is -0.278. The van der Waals surface area contributed by atoms with E-state index in [1.807, 2.05) is 19.9 Å². The Morgan fingerprint density at radius 2 is 1.81 bits per heavy atom. The number of ether oxygens (including phenoxy) is 4. The number of aliphatic hydroxyl groups is 1. The molecule has 0 saturated carbocycles. The number of rotatable bonds is 13. The molecule has 2 aromatic carbocycles. The number of hydrogen-bond acceptors (Lipinski definition) is 10. The molecule has 42 heavy (non-hydrogen) atoms. The average molecular weight is 603 g/mol. The number of nitriles is 1. The summed E-state index contributed by atoms with van der Waals surface area (Å²) < 4.78 is 50.7. The molecule has 0 aliphatic carbocycles. The molecule has 0 aromatic heterocycles. The number of nitrogens with zero attached hydrogens (tertiary/aromatic N) is 3. The van der Waals surface area contributed by atoms with Crippen LogP contribution in [-0.4, -0.2) is 86.9 Å². The van der Waals surface area contributed by atoms with Gasteiger partial charge in [-0.2, -0.15) is 9.57 Å². The van der Waals surface area contributed by atoms with Crippen molar-refractivity contribution >= 4 is 16.1 Å². The van der Waals surface area contributed by atoms with Gasteiger partial charge in [0, 0.05) is 25.6 Å². The van der Waals surface area contributed by atoms with Crippen molar-refractivity contribution in [2.75, 3.05) is 39.9 Å². The van der Waals surface area contributed by atoms with Crippen molar-refractivity contribution in [2.24, 2.45) is 5.41 Å². The van der Waals surface area contributed by atoms with Gasteiger partial charge in [-0.05, 0) is 36.0 Å². The second-order valence-electron chi connectivity index (χ2n) is 11.1. The highest BCUT2D eigenvalue weighted by molar-refractivity contribution is 7.89.